The Kier molecular flexibility index (Phi) is 4.52. The van der Waals surface area contributed by atoms with Gasteiger partial charge in [-0.15, -0.1) is 0 Å². The molecule has 2 rings (SSSR count). The van der Waals surface area contributed by atoms with Crippen LogP contribution in [-0.4, -0.2) is 24.3 Å². The molecule has 2 atom stereocenters. The second-order valence-corrected chi connectivity index (χ2v) is 5.16. The second kappa shape index (κ2) is 6.15. The number of carbonyl (C=O) groups is 2. The van der Waals surface area contributed by atoms with Gasteiger partial charge in [0.05, 0.1) is 6.04 Å². The number of carbonyl (C=O) groups excluding carboxylic acids is 2. The van der Waals surface area contributed by atoms with Crippen LogP contribution in [0.15, 0.2) is 18.2 Å². The first kappa shape index (κ1) is 14.7. The first-order chi connectivity index (χ1) is 9.54. The van der Waals surface area contributed by atoms with Gasteiger partial charge < -0.3 is 16.4 Å². The van der Waals surface area contributed by atoms with Gasteiger partial charge in [-0.05, 0) is 38.1 Å². The van der Waals surface area contributed by atoms with Crippen LogP contribution in [0, 0.1) is 0 Å². The fraction of sp³-hybridized carbons (Fsp3) is 0.467. The van der Waals surface area contributed by atoms with Crippen LogP contribution in [0.5, 0.6) is 0 Å². The van der Waals surface area contributed by atoms with Crippen LogP contribution in [0.2, 0.25) is 0 Å². The largest absolute Gasteiger partial charge is 0.324 e. The number of fused-ring (bicyclic) bond motifs is 1. The molecule has 108 valence electrons. The Hall–Kier alpha value is -1.72. The highest BCUT2D eigenvalue weighted by molar-refractivity contribution is 6.05. The summed E-state index contributed by atoms with van der Waals surface area (Å²) in [6, 6.07) is 4.28. The van der Waals surface area contributed by atoms with E-state index in [-0.39, 0.29) is 17.7 Å². The predicted molar refractivity (Wildman–Crippen MR) is 78.7 cm³/mol. The Bertz CT molecular complexity index is 528. The zero-order valence-electron chi connectivity index (χ0n) is 11.9. The zero-order valence-corrected chi connectivity index (χ0v) is 11.9. The Morgan fingerprint density at radius 3 is 2.95 bits per heavy atom. The van der Waals surface area contributed by atoms with Gasteiger partial charge in [-0.3, -0.25) is 9.59 Å². The van der Waals surface area contributed by atoms with Crippen molar-refractivity contribution in [1.29, 1.82) is 0 Å². The lowest BCUT2D eigenvalue weighted by atomic mass is 10.00. The zero-order chi connectivity index (χ0) is 14.7. The molecule has 1 aromatic carbocycles. The number of Topliss-reactive ketones (excluding diaryl/α,β-unsaturated/α-hetero) is 1. The van der Waals surface area contributed by atoms with E-state index in [2.05, 4.69) is 17.6 Å². The highest BCUT2D eigenvalue weighted by Crippen LogP contribution is 2.30. The quantitative estimate of drug-likeness (QED) is 0.544. The Balaban J connectivity index is 2.10. The lowest BCUT2D eigenvalue weighted by Crippen LogP contribution is -2.34. The second-order valence-electron chi connectivity index (χ2n) is 5.16. The minimum absolute atomic E-state index is 0.0236. The first-order valence-corrected chi connectivity index (χ1v) is 7.02. The molecule has 2 unspecified atom stereocenters. The third kappa shape index (κ3) is 2.89. The van der Waals surface area contributed by atoms with Crippen LogP contribution in [-0.2, 0) is 4.79 Å². The number of rotatable bonds is 6. The van der Waals surface area contributed by atoms with Gasteiger partial charge in [0.25, 0.3) is 0 Å². The summed E-state index contributed by atoms with van der Waals surface area (Å²) in [5.74, 6) is -0.200. The summed E-state index contributed by atoms with van der Waals surface area (Å²) >= 11 is 0. The summed E-state index contributed by atoms with van der Waals surface area (Å²) in [5.41, 5.74) is 7.78. The number of nitrogens with one attached hydrogen (secondary N) is 2. The molecule has 20 heavy (non-hydrogen) atoms. The van der Waals surface area contributed by atoms with Gasteiger partial charge in [-0.2, -0.15) is 0 Å². The molecular formula is C15H21N3O2. The molecule has 5 nitrogen and oxygen atoms in total. The van der Waals surface area contributed by atoms with Gasteiger partial charge >= 0.3 is 0 Å². The van der Waals surface area contributed by atoms with Crippen molar-refractivity contribution >= 4 is 17.4 Å². The van der Waals surface area contributed by atoms with E-state index >= 15 is 0 Å². The first-order valence-electron chi connectivity index (χ1n) is 7.02. The summed E-state index contributed by atoms with van der Waals surface area (Å²) in [5, 5.41) is 5.90. The van der Waals surface area contributed by atoms with Crippen molar-refractivity contribution in [1.82, 2.24) is 5.32 Å². The number of ketones is 1. The molecule has 0 radical (unpaired) electrons. The molecule has 1 heterocycles. The van der Waals surface area contributed by atoms with Crippen molar-refractivity contribution in [2.45, 2.75) is 38.8 Å². The van der Waals surface area contributed by atoms with Crippen molar-refractivity contribution in [2.24, 2.45) is 5.73 Å². The molecule has 0 bridgehead atoms. The summed E-state index contributed by atoms with van der Waals surface area (Å²) in [6.07, 6.45) is 2.14. The van der Waals surface area contributed by atoms with E-state index in [1.165, 1.54) is 0 Å². The fourth-order valence-electron chi connectivity index (χ4n) is 2.28. The number of hydrogen-bond acceptors (Lipinski definition) is 4. The molecule has 0 aliphatic carbocycles. The molecule has 1 amide bonds. The van der Waals surface area contributed by atoms with E-state index in [1.807, 2.05) is 6.92 Å². The van der Waals surface area contributed by atoms with Crippen LogP contribution >= 0.6 is 0 Å². The van der Waals surface area contributed by atoms with Crippen molar-refractivity contribution < 1.29 is 9.59 Å². The van der Waals surface area contributed by atoms with Crippen molar-refractivity contribution in [2.75, 3.05) is 11.9 Å². The van der Waals surface area contributed by atoms with Gasteiger partial charge in [0, 0.05) is 16.8 Å². The van der Waals surface area contributed by atoms with Crippen LogP contribution in [0.4, 0.5) is 5.69 Å². The Labute approximate surface area is 118 Å². The maximum atomic E-state index is 12.3. The topological polar surface area (TPSA) is 84.2 Å². The minimum Gasteiger partial charge on any atom is -0.324 e. The Morgan fingerprint density at radius 1 is 1.50 bits per heavy atom. The van der Waals surface area contributed by atoms with E-state index in [4.69, 9.17) is 5.73 Å². The highest BCUT2D eigenvalue weighted by atomic mass is 16.2. The molecule has 0 saturated heterocycles. The van der Waals surface area contributed by atoms with Gasteiger partial charge in [0.2, 0.25) is 5.91 Å². The number of unbranched alkanes of at least 4 members (excludes halogenated alkanes) is 1. The summed E-state index contributed by atoms with van der Waals surface area (Å²) in [7, 11) is 0. The van der Waals surface area contributed by atoms with E-state index in [0.29, 0.717) is 16.8 Å². The number of amides is 1. The summed E-state index contributed by atoms with van der Waals surface area (Å²) in [4.78, 5) is 23.8. The molecule has 1 aliphatic heterocycles. The lowest BCUT2D eigenvalue weighted by molar-refractivity contribution is -0.116. The average molecular weight is 275 g/mol. The standard InChI is InChI=1S/C15H21N3O2/c1-3-4-7-17-9(2)14(19)10-5-6-12-11(8-10)13(16)15(20)18-12/h5-6,8-9,13,17H,3-4,7,16H2,1-2H3,(H,18,20). The summed E-state index contributed by atoms with van der Waals surface area (Å²) < 4.78 is 0. The van der Waals surface area contributed by atoms with E-state index < -0.39 is 6.04 Å². The number of anilines is 1. The molecule has 0 saturated carbocycles. The van der Waals surface area contributed by atoms with Crippen molar-refractivity contribution in [3.8, 4) is 0 Å². The Morgan fingerprint density at radius 2 is 2.25 bits per heavy atom. The molecule has 1 aliphatic rings. The normalized spacial score (nSPS) is 18.6. The monoisotopic (exact) mass is 275 g/mol. The van der Waals surface area contributed by atoms with Crippen LogP contribution < -0.4 is 16.4 Å². The molecular weight excluding hydrogens is 254 g/mol. The lowest BCUT2D eigenvalue weighted by Gasteiger charge is -2.13. The number of nitrogens with two attached hydrogens (primary N) is 1. The van der Waals surface area contributed by atoms with Gasteiger partial charge in [-0.25, -0.2) is 0 Å². The third-order valence-electron chi connectivity index (χ3n) is 3.59. The SMILES string of the molecule is CCCCNC(C)C(=O)c1ccc2c(c1)C(N)C(=O)N2. The number of benzene rings is 1. The fourth-order valence-corrected chi connectivity index (χ4v) is 2.28. The maximum absolute atomic E-state index is 12.3. The predicted octanol–water partition coefficient (Wildman–Crippen LogP) is 1.60. The van der Waals surface area contributed by atoms with Crippen LogP contribution in [0.25, 0.3) is 0 Å². The molecule has 4 N–H and O–H groups in total. The van der Waals surface area contributed by atoms with Crippen LogP contribution in [0.3, 0.4) is 0 Å². The van der Waals surface area contributed by atoms with Gasteiger partial charge in [0.1, 0.15) is 6.04 Å². The highest BCUT2D eigenvalue weighted by Gasteiger charge is 2.28. The number of hydrogen-bond donors (Lipinski definition) is 3. The summed E-state index contributed by atoms with van der Waals surface area (Å²) in [6.45, 7) is 4.79. The molecule has 5 heteroatoms. The average Bonchev–Trinajstić information content (AvgIpc) is 2.73. The van der Waals surface area contributed by atoms with E-state index in [9.17, 15) is 9.59 Å². The molecule has 1 aromatic rings. The smallest absolute Gasteiger partial charge is 0.245 e. The van der Waals surface area contributed by atoms with Crippen molar-refractivity contribution in [3.63, 3.8) is 0 Å². The van der Waals surface area contributed by atoms with Crippen molar-refractivity contribution in [3.05, 3.63) is 29.3 Å². The van der Waals surface area contributed by atoms with E-state index in [1.54, 1.807) is 18.2 Å². The van der Waals surface area contributed by atoms with E-state index in [0.717, 1.165) is 19.4 Å². The van der Waals surface area contributed by atoms with Gasteiger partial charge in [-0.1, -0.05) is 13.3 Å². The molecule has 0 spiro atoms. The minimum atomic E-state index is -0.680. The van der Waals surface area contributed by atoms with Gasteiger partial charge in [0.15, 0.2) is 5.78 Å². The molecule has 0 aromatic heterocycles. The molecule has 0 fully saturated rings. The third-order valence-corrected chi connectivity index (χ3v) is 3.59. The maximum Gasteiger partial charge on any atom is 0.245 e. The van der Waals surface area contributed by atoms with Crippen LogP contribution in [0.1, 0.15) is 48.7 Å².